The third-order valence-corrected chi connectivity index (χ3v) is 9.82. The van der Waals surface area contributed by atoms with Gasteiger partial charge in [0, 0.05) is 38.1 Å². The fourth-order valence-electron chi connectivity index (χ4n) is 7.66. The second-order valence-electron chi connectivity index (χ2n) is 12.5. The molecule has 10 aromatic rings. The lowest BCUT2D eigenvalue weighted by atomic mass is 9.97. The van der Waals surface area contributed by atoms with Gasteiger partial charge in [0.05, 0.1) is 17.0 Å². The van der Waals surface area contributed by atoms with Gasteiger partial charge in [-0.05, 0) is 58.0 Å². The van der Waals surface area contributed by atoms with Crippen LogP contribution in [0, 0.1) is 0 Å². The highest BCUT2D eigenvalue weighted by Gasteiger charge is 2.27. The molecular weight excluding hydrogens is 588 g/mol. The first-order chi connectivity index (χ1) is 23.8. The van der Waals surface area contributed by atoms with Crippen LogP contribution >= 0.6 is 0 Å². The van der Waals surface area contributed by atoms with Crippen molar-refractivity contribution >= 4 is 54.6 Å². The van der Waals surface area contributed by atoms with Gasteiger partial charge in [0.1, 0.15) is 22.3 Å². The van der Waals surface area contributed by atoms with Gasteiger partial charge in [-0.2, -0.15) is 0 Å². The highest BCUT2D eigenvalue weighted by atomic mass is 16.3. The van der Waals surface area contributed by atoms with Crippen LogP contribution in [0.1, 0.15) is 0 Å². The van der Waals surface area contributed by atoms with Crippen LogP contribution in [0.5, 0.6) is 0 Å². The van der Waals surface area contributed by atoms with Gasteiger partial charge in [0.15, 0.2) is 5.82 Å². The number of aromatic nitrogens is 2. The van der Waals surface area contributed by atoms with E-state index >= 15 is 0 Å². The molecule has 0 N–H and O–H groups in total. The van der Waals surface area contributed by atoms with Gasteiger partial charge in [-0.3, -0.25) is 0 Å². The molecule has 0 spiro atoms. The van der Waals surface area contributed by atoms with Crippen molar-refractivity contribution in [3.8, 4) is 56.2 Å². The van der Waals surface area contributed by atoms with Crippen molar-refractivity contribution in [2.75, 3.05) is 0 Å². The molecule has 222 valence electrons. The van der Waals surface area contributed by atoms with Crippen LogP contribution in [0.2, 0.25) is 0 Å². The molecule has 0 aliphatic heterocycles. The summed E-state index contributed by atoms with van der Waals surface area (Å²) in [6.45, 7) is 0. The van der Waals surface area contributed by atoms with E-state index in [1.165, 1.54) is 5.56 Å². The largest absolute Gasteiger partial charge is 0.456 e. The maximum Gasteiger partial charge on any atom is 0.164 e. The Labute approximate surface area is 274 Å². The summed E-state index contributed by atoms with van der Waals surface area (Å²) in [5.41, 5.74) is 12.7. The van der Waals surface area contributed by atoms with Gasteiger partial charge in [-0.1, -0.05) is 115 Å². The van der Waals surface area contributed by atoms with Crippen molar-refractivity contribution < 1.29 is 8.83 Å². The molecule has 1 aliphatic carbocycles. The molecule has 0 fully saturated rings. The first-order valence-electron chi connectivity index (χ1n) is 16.2. The predicted molar refractivity (Wildman–Crippen MR) is 195 cm³/mol. The van der Waals surface area contributed by atoms with Crippen molar-refractivity contribution in [3.05, 3.63) is 146 Å². The summed E-state index contributed by atoms with van der Waals surface area (Å²) >= 11 is 0. The Kier molecular flexibility index (Phi) is 5.08. The predicted octanol–water partition coefficient (Wildman–Crippen LogP) is 12.1. The van der Waals surface area contributed by atoms with Crippen molar-refractivity contribution in [1.29, 1.82) is 0 Å². The second-order valence-corrected chi connectivity index (χ2v) is 12.5. The molecule has 0 bridgehead atoms. The van der Waals surface area contributed by atoms with Gasteiger partial charge in [-0.25, -0.2) is 9.97 Å². The van der Waals surface area contributed by atoms with E-state index in [0.717, 1.165) is 99.4 Å². The SMILES string of the molecule is c1ccc(-c2ccc(-c3cc(-c4ccccc4)nc(-c4cc5ccc6oc7cccc8c7c6c5c5c4oc4cccc-8c45)n3)cc2)cc1. The van der Waals surface area contributed by atoms with Crippen molar-refractivity contribution in [3.63, 3.8) is 0 Å². The minimum atomic E-state index is 0.625. The Morgan fingerprint density at radius 1 is 0.354 bits per heavy atom. The van der Waals surface area contributed by atoms with Crippen LogP contribution in [-0.4, -0.2) is 9.97 Å². The zero-order chi connectivity index (χ0) is 31.3. The maximum atomic E-state index is 6.82. The lowest BCUT2D eigenvalue weighted by molar-refractivity contribution is 0.669. The number of hydrogen-bond donors (Lipinski definition) is 0. The molecule has 3 aromatic heterocycles. The van der Waals surface area contributed by atoms with Gasteiger partial charge in [-0.15, -0.1) is 0 Å². The van der Waals surface area contributed by atoms with Crippen molar-refractivity contribution in [1.82, 2.24) is 9.97 Å². The van der Waals surface area contributed by atoms with E-state index in [9.17, 15) is 0 Å². The third-order valence-electron chi connectivity index (χ3n) is 9.82. The first-order valence-corrected chi connectivity index (χ1v) is 16.2. The van der Waals surface area contributed by atoms with Crippen LogP contribution in [0.3, 0.4) is 0 Å². The van der Waals surface area contributed by atoms with Crippen molar-refractivity contribution in [2.24, 2.45) is 0 Å². The topological polar surface area (TPSA) is 52.1 Å². The number of benzene rings is 7. The van der Waals surface area contributed by atoms with Crippen LogP contribution < -0.4 is 0 Å². The van der Waals surface area contributed by atoms with E-state index in [2.05, 4.69) is 121 Å². The quantitative estimate of drug-likeness (QED) is 0.198. The molecule has 0 atom stereocenters. The van der Waals surface area contributed by atoms with Crippen molar-refractivity contribution in [2.45, 2.75) is 0 Å². The molecule has 0 amide bonds. The fraction of sp³-hybridized carbons (Fsp3) is 0. The number of nitrogens with zero attached hydrogens (tertiary/aromatic N) is 2. The molecule has 7 aromatic carbocycles. The molecule has 48 heavy (non-hydrogen) atoms. The molecule has 3 heterocycles. The van der Waals surface area contributed by atoms with E-state index in [-0.39, 0.29) is 0 Å². The van der Waals surface area contributed by atoms with Gasteiger partial charge >= 0.3 is 0 Å². The zero-order valence-corrected chi connectivity index (χ0v) is 25.6. The third kappa shape index (κ3) is 3.54. The van der Waals surface area contributed by atoms with Gasteiger partial charge < -0.3 is 8.83 Å². The standard InChI is InChI=1S/C44H24N2O2/c1-3-9-25(10-4-1)26-17-19-28(20-18-26)34-24-33(27-11-5-2-6-12-27)45-44(46-34)32-23-29-21-22-37-41-38(29)42-40-31(14-8-16-36(40)48-43(32)42)30-13-7-15-35(47-37)39(30)41/h1-24H. The molecule has 0 radical (unpaired) electrons. The highest BCUT2D eigenvalue weighted by Crippen LogP contribution is 2.51. The number of hydrogen-bond acceptors (Lipinski definition) is 4. The molecule has 0 saturated carbocycles. The number of rotatable bonds is 4. The summed E-state index contributed by atoms with van der Waals surface area (Å²) in [7, 11) is 0. The van der Waals surface area contributed by atoms with E-state index in [1.54, 1.807) is 0 Å². The van der Waals surface area contributed by atoms with Gasteiger partial charge in [0.2, 0.25) is 0 Å². The summed E-state index contributed by atoms with van der Waals surface area (Å²) in [5, 5.41) is 6.74. The van der Waals surface area contributed by atoms with E-state index < -0.39 is 0 Å². The van der Waals surface area contributed by atoms with Crippen LogP contribution in [0.25, 0.3) is 111 Å². The van der Waals surface area contributed by atoms with Crippen LogP contribution in [-0.2, 0) is 0 Å². The maximum absolute atomic E-state index is 6.82. The average Bonchev–Trinajstić information content (AvgIpc) is 3.70. The molecule has 11 rings (SSSR count). The van der Waals surface area contributed by atoms with E-state index in [1.807, 2.05) is 24.3 Å². The Morgan fingerprint density at radius 3 is 1.62 bits per heavy atom. The molecule has 1 aliphatic rings. The summed E-state index contributed by atoms with van der Waals surface area (Å²) in [4.78, 5) is 10.5. The molecular formula is C44H24N2O2. The highest BCUT2D eigenvalue weighted by molar-refractivity contribution is 6.38. The molecule has 4 heteroatoms. The van der Waals surface area contributed by atoms with E-state index in [0.29, 0.717) is 5.82 Å². The van der Waals surface area contributed by atoms with E-state index in [4.69, 9.17) is 18.8 Å². The van der Waals surface area contributed by atoms with Gasteiger partial charge in [0.25, 0.3) is 0 Å². The summed E-state index contributed by atoms with van der Waals surface area (Å²) in [6, 6.07) is 50.5. The summed E-state index contributed by atoms with van der Waals surface area (Å²) in [5.74, 6) is 0.625. The lowest BCUT2D eigenvalue weighted by Gasteiger charge is -2.11. The Hall–Kier alpha value is -6.52. The van der Waals surface area contributed by atoms with Crippen LogP contribution in [0.4, 0.5) is 0 Å². The number of fused-ring (bicyclic) bond motifs is 1. The summed E-state index contributed by atoms with van der Waals surface area (Å²) < 4.78 is 13.2. The minimum Gasteiger partial charge on any atom is -0.456 e. The minimum absolute atomic E-state index is 0.625. The Morgan fingerprint density at radius 2 is 0.917 bits per heavy atom. The molecule has 0 unspecified atom stereocenters. The fourth-order valence-corrected chi connectivity index (χ4v) is 7.66. The monoisotopic (exact) mass is 612 g/mol. The zero-order valence-electron chi connectivity index (χ0n) is 25.6. The Balaban J connectivity index is 1.21. The number of furan rings is 2. The Bertz CT molecular complexity index is 2920. The summed E-state index contributed by atoms with van der Waals surface area (Å²) in [6.07, 6.45) is 0. The smallest absolute Gasteiger partial charge is 0.164 e. The molecule has 0 saturated heterocycles. The van der Waals surface area contributed by atoms with Crippen LogP contribution in [0.15, 0.2) is 154 Å². The normalized spacial score (nSPS) is 12.2. The average molecular weight is 613 g/mol. The second kappa shape index (κ2) is 9.50. The molecule has 4 nitrogen and oxygen atoms in total. The lowest BCUT2D eigenvalue weighted by Crippen LogP contribution is -1.96. The first kappa shape index (κ1) is 25.6.